The Bertz CT molecular complexity index is 445. The highest BCUT2D eigenvalue weighted by Gasteiger charge is 2.00. The van der Waals surface area contributed by atoms with Gasteiger partial charge in [-0.2, -0.15) is 0 Å². The summed E-state index contributed by atoms with van der Waals surface area (Å²) >= 11 is 1.81. The molecule has 0 fully saturated rings. The van der Waals surface area contributed by atoms with Crippen molar-refractivity contribution in [2.75, 3.05) is 5.32 Å². The van der Waals surface area contributed by atoms with E-state index in [9.17, 15) is 0 Å². The van der Waals surface area contributed by atoms with Gasteiger partial charge in [0.2, 0.25) is 0 Å². The molecule has 0 saturated carbocycles. The molecule has 1 aromatic heterocycles. The summed E-state index contributed by atoms with van der Waals surface area (Å²) in [6.07, 6.45) is 0. The van der Waals surface area contributed by atoms with Crippen LogP contribution in [0.4, 0.5) is 5.69 Å². The van der Waals surface area contributed by atoms with E-state index in [2.05, 4.69) is 54.9 Å². The highest BCUT2D eigenvalue weighted by atomic mass is 32.1. The smallest absolute Gasteiger partial charge is 0.0496 e. The Morgan fingerprint density at radius 3 is 2.53 bits per heavy atom. The lowest BCUT2D eigenvalue weighted by Gasteiger charge is -2.08. The van der Waals surface area contributed by atoms with Crippen LogP contribution in [0.1, 0.15) is 16.0 Å². The van der Waals surface area contributed by atoms with E-state index in [0.717, 1.165) is 6.54 Å². The summed E-state index contributed by atoms with van der Waals surface area (Å²) in [7, 11) is 0. The number of rotatable bonds is 3. The maximum absolute atomic E-state index is 3.47. The predicted molar refractivity (Wildman–Crippen MR) is 67.6 cm³/mol. The molecule has 1 nitrogen and oxygen atoms in total. The van der Waals surface area contributed by atoms with E-state index in [1.807, 2.05) is 11.3 Å². The van der Waals surface area contributed by atoms with Gasteiger partial charge in [0.15, 0.2) is 0 Å². The van der Waals surface area contributed by atoms with Crippen molar-refractivity contribution >= 4 is 17.0 Å². The minimum atomic E-state index is 0.925. The zero-order valence-corrected chi connectivity index (χ0v) is 9.90. The van der Waals surface area contributed by atoms with Crippen molar-refractivity contribution in [3.8, 4) is 0 Å². The average Bonchev–Trinajstić information content (AvgIpc) is 2.63. The Morgan fingerprint density at radius 1 is 1.07 bits per heavy atom. The van der Waals surface area contributed by atoms with Crippen LogP contribution in [0.25, 0.3) is 0 Å². The standard InChI is InChI=1S/C13H15NS/c1-10-5-3-4-6-12(10)14-9-13-11(2)7-8-15-13/h3-8,14H,9H2,1-2H3. The number of para-hydroxylation sites is 1. The maximum atomic E-state index is 3.47. The van der Waals surface area contributed by atoms with Crippen LogP contribution in [0, 0.1) is 13.8 Å². The van der Waals surface area contributed by atoms with Gasteiger partial charge in [-0.05, 0) is 42.5 Å². The second kappa shape index (κ2) is 4.49. The van der Waals surface area contributed by atoms with Crippen LogP contribution in [0.3, 0.4) is 0 Å². The molecule has 0 aliphatic carbocycles. The number of hydrogen-bond acceptors (Lipinski definition) is 2. The van der Waals surface area contributed by atoms with Crippen molar-refractivity contribution in [2.24, 2.45) is 0 Å². The van der Waals surface area contributed by atoms with E-state index >= 15 is 0 Å². The highest BCUT2D eigenvalue weighted by molar-refractivity contribution is 7.10. The van der Waals surface area contributed by atoms with Gasteiger partial charge in [0.1, 0.15) is 0 Å². The number of nitrogens with one attached hydrogen (secondary N) is 1. The number of hydrogen-bond donors (Lipinski definition) is 1. The molecular formula is C13H15NS. The number of thiophene rings is 1. The van der Waals surface area contributed by atoms with Crippen LogP contribution in [0.15, 0.2) is 35.7 Å². The second-order valence-corrected chi connectivity index (χ2v) is 4.70. The predicted octanol–water partition coefficient (Wildman–Crippen LogP) is 3.98. The Kier molecular flexibility index (Phi) is 3.07. The molecule has 0 radical (unpaired) electrons. The first kappa shape index (κ1) is 10.2. The van der Waals surface area contributed by atoms with Gasteiger partial charge in [0.25, 0.3) is 0 Å². The molecule has 0 amide bonds. The summed E-state index contributed by atoms with van der Waals surface area (Å²) in [6, 6.07) is 10.6. The van der Waals surface area contributed by atoms with Crippen LogP contribution >= 0.6 is 11.3 Å². The number of anilines is 1. The normalized spacial score (nSPS) is 10.3. The van der Waals surface area contributed by atoms with Gasteiger partial charge in [0, 0.05) is 17.1 Å². The lowest BCUT2D eigenvalue weighted by Crippen LogP contribution is -1.99. The Morgan fingerprint density at radius 2 is 1.87 bits per heavy atom. The van der Waals surface area contributed by atoms with E-state index in [-0.39, 0.29) is 0 Å². The van der Waals surface area contributed by atoms with Gasteiger partial charge in [-0.1, -0.05) is 18.2 Å². The first-order chi connectivity index (χ1) is 7.27. The molecule has 1 N–H and O–H groups in total. The van der Waals surface area contributed by atoms with E-state index in [1.165, 1.54) is 21.7 Å². The third-order valence-corrected chi connectivity index (χ3v) is 3.58. The molecule has 2 heteroatoms. The quantitative estimate of drug-likeness (QED) is 0.820. The number of benzene rings is 1. The van der Waals surface area contributed by atoms with E-state index in [1.54, 1.807) is 0 Å². The molecular weight excluding hydrogens is 202 g/mol. The van der Waals surface area contributed by atoms with Crippen molar-refractivity contribution in [2.45, 2.75) is 20.4 Å². The molecule has 2 rings (SSSR count). The number of aryl methyl sites for hydroxylation is 2. The van der Waals surface area contributed by atoms with Crippen molar-refractivity contribution in [1.82, 2.24) is 0 Å². The van der Waals surface area contributed by atoms with Crippen LogP contribution in [0.2, 0.25) is 0 Å². The van der Waals surface area contributed by atoms with Gasteiger partial charge >= 0.3 is 0 Å². The minimum Gasteiger partial charge on any atom is -0.380 e. The fourth-order valence-corrected chi connectivity index (χ4v) is 2.38. The molecule has 1 heterocycles. The van der Waals surface area contributed by atoms with Gasteiger partial charge in [-0.25, -0.2) is 0 Å². The third-order valence-electron chi connectivity index (χ3n) is 2.55. The van der Waals surface area contributed by atoms with Gasteiger partial charge in [-0.15, -0.1) is 11.3 Å². The lowest BCUT2D eigenvalue weighted by atomic mass is 10.2. The molecule has 0 saturated heterocycles. The molecule has 78 valence electrons. The van der Waals surface area contributed by atoms with Crippen LogP contribution in [-0.4, -0.2) is 0 Å². The van der Waals surface area contributed by atoms with Crippen molar-refractivity contribution in [3.63, 3.8) is 0 Å². The molecule has 0 aliphatic rings. The van der Waals surface area contributed by atoms with Gasteiger partial charge in [-0.3, -0.25) is 0 Å². The molecule has 15 heavy (non-hydrogen) atoms. The Labute approximate surface area is 94.8 Å². The van der Waals surface area contributed by atoms with E-state index in [4.69, 9.17) is 0 Å². The minimum absolute atomic E-state index is 0.925. The highest BCUT2D eigenvalue weighted by Crippen LogP contribution is 2.19. The summed E-state index contributed by atoms with van der Waals surface area (Å²) < 4.78 is 0. The fourth-order valence-electron chi connectivity index (χ4n) is 1.53. The Balaban J connectivity index is 2.06. The van der Waals surface area contributed by atoms with Crippen LogP contribution < -0.4 is 5.32 Å². The van der Waals surface area contributed by atoms with Crippen molar-refractivity contribution in [1.29, 1.82) is 0 Å². The van der Waals surface area contributed by atoms with Gasteiger partial charge < -0.3 is 5.32 Å². The van der Waals surface area contributed by atoms with E-state index < -0.39 is 0 Å². The second-order valence-electron chi connectivity index (χ2n) is 3.70. The summed E-state index contributed by atoms with van der Waals surface area (Å²) in [5.41, 5.74) is 3.90. The molecule has 0 unspecified atom stereocenters. The molecule has 0 spiro atoms. The molecule has 0 bridgehead atoms. The first-order valence-electron chi connectivity index (χ1n) is 5.10. The summed E-state index contributed by atoms with van der Waals surface area (Å²) in [6.45, 7) is 5.21. The summed E-state index contributed by atoms with van der Waals surface area (Å²) in [5.74, 6) is 0. The van der Waals surface area contributed by atoms with Gasteiger partial charge in [0.05, 0.1) is 0 Å². The molecule has 1 aromatic carbocycles. The largest absolute Gasteiger partial charge is 0.380 e. The molecule has 0 atom stereocenters. The van der Waals surface area contributed by atoms with Crippen molar-refractivity contribution in [3.05, 3.63) is 51.7 Å². The maximum Gasteiger partial charge on any atom is 0.0496 e. The van der Waals surface area contributed by atoms with Crippen LogP contribution in [-0.2, 0) is 6.54 Å². The van der Waals surface area contributed by atoms with Crippen LogP contribution in [0.5, 0.6) is 0 Å². The molecule has 2 aromatic rings. The third kappa shape index (κ3) is 2.39. The monoisotopic (exact) mass is 217 g/mol. The first-order valence-corrected chi connectivity index (χ1v) is 5.98. The average molecular weight is 217 g/mol. The fraction of sp³-hybridized carbons (Fsp3) is 0.231. The van der Waals surface area contributed by atoms with E-state index in [0.29, 0.717) is 0 Å². The summed E-state index contributed by atoms with van der Waals surface area (Å²) in [4.78, 5) is 1.42. The topological polar surface area (TPSA) is 12.0 Å². The summed E-state index contributed by atoms with van der Waals surface area (Å²) in [5, 5.41) is 5.61. The zero-order chi connectivity index (χ0) is 10.7. The zero-order valence-electron chi connectivity index (χ0n) is 9.08. The molecule has 0 aliphatic heterocycles. The Hall–Kier alpha value is -1.28. The SMILES string of the molecule is Cc1ccccc1NCc1sccc1C. The van der Waals surface area contributed by atoms with Crippen molar-refractivity contribution < 1.29 is 0 Å². The lowest BCUT2D eigenvalue weighted by molar-refractivity contribution is 1.16.